The highest BCUT2D eigenvalue weighted by atomic mass is 35.5. The number of thioether (sulfide) groups is 1. The number of furan rings is 1. The number of non-ortho nitro benzene ring substituents is 1. The first-order valence-electron chi connectivity index (χ1n) is 8.86. The standard InChI is InChI=1S/C21H12ClFN2O5S/c22-16-7-5-13(25(28)29)9-15(16)18-8-6-14(30-18)10-19-20(26)24(21(27)31-19)11-12-3-1-2-4-17(12)23/h1-10H,11H2/b19-10+. The monoisotopic (exact) mass is 458 g/mol. The van der Waals surface area contributed by atoms with Crippen molar-refractivity contribution in [2.75, 3.05) is 0 Å². The van der Waals surface area contributed by atoms with E-state index < -0.39 is 21.9 Å². The summed E-state index contributed by atoms with van der Waals surface area (Å²) >= 11 is 6.84. The maximum Gasteiger partial charge on any atom is 0.293 e. The van der Waals surface area contributed by atoms with Crippen molar-refractivity contribution >= 4 is 46.3 Å². The molecule has 0 unspecified atom stereocenters. The summed E-state index contributed by atoms with van der Waals surface area (Å²) in [6.07, 6.45) is 1.39. The van der Waals surface area contributed by atoms with Crippen LogP contribution in [0.15, 0.2) is 63.9 Å². The first-order chi connectivity index (χ1) is 14.8. The topological polar surface area (TPSA) is 93.7 Å². The number of carbonyl (C=O) groups excluding carboxylic acids is 2. The van der Waals surface area contributed by atoms with Crippen LogP contribution < -0.4 is 0 Å². The van der Waals surface area contributed by atoms with Gasteiger partial charge in [0.2, 0.25) is 0 Å². The Labute approximate surface area is 184 Å². The Balaban J connectivity index is 1.58. The molecule has 4 rings (SSSR count). The molecule has 2 heterocycles. The van der Waals surface area contributed by atoms with Gasteiger partial charge in [-0.3, -0.25) is 24.6 Å². The molecule has 7 nitrogen and oxygen atoms in total. The second kappa shape index (κ2) is 8.37. The number of halogens is 2. The van der Waals surface area contributed by atoms with Crippen LogP contribution in [-0.4, -0.2) is 21.0 Å². The zero-order valence-electron chi connectivity index (χ0n) is 15.6. The molecule has 1 saturated heterocycles. The van der Waals surface area contributed by atoms with Crippen LogP contribution >= 0.6 is 23.4 Å². The minimum Gasteiger partial charge on any atom is -0.457 e. The molecule has 0 saturated carbocycles. The highest BCUT2D eigenvalue weighted by Crippen LogP contribution is 2.36. The van der Waals surface area contributed by atoms with Crippen molar-refractivity contribution in [2.24, 2.45) is 0 Å². The number of nitrogens with zero attached hydrogens (tertiary/aromatic N) is 2. The predicted molar refractivity (Wildman–Crippen MR) is 114 cm³/mol. The van der Waals surface area contributed by atoms with Crippen LogP contribution in [0.3, 0.4) is 0 Å². The molecule has 1 fully saturated rings. The van der Waals surface area contributed by atoms with E-state index in [-0.39, 0.29) is 39.2 Å². The molecule has 1 aliphatic rings. The summed E-state index contributed by atoms with van der Waals surface area (Å²) in [6.45, 7) is -0.179. The predicted octanol–water partition coefficient (Wildman–Crippen LogP) is 5.88. The summed E-state index contributed by atoms with van der Waals surface area (Å²) < 4.78 is 19.5. The van der Waals surface area contributed by atoms with Gasteiger partial charge in [0.15, 0.2) is 0 Å². The quantitative estimate of drug-likeness (QED) is 0.269. The van der Waals surface area contributed by atoms with Crippen molar-refractivity contribution in [3.05, 3.63) is 91.8 Å². The lowest BCUT2D eigenvalue weighted by Crippen LogP contribution is -2.27. The van der Waals surface area contributed by atoms with E-state index in [4.69, 9.17) is 16.0 Å². The molecule has 0 radical (unpaired) electrons. The van der Waals surface area contributed by atoms with Crippen LogP contribution in [-0.2, 0) is 11.3 Å². The fourth-order valence-corrected chi connectivity index (χ4v) is 3.98. The fourth-order valence-electron chi connectivity index (χ4n) is 2.95. The van der Waals surface area contributed by atoms with Crippen molar-refractivity contribution in [1.29, 1.82) is 0 Å². The second-order valence-electron chi connectivity index (χ2n) is 6.48. The van der Waals surface area contributed by atoms with Crippen LogP contribution in [0.4, 0.5) is 14.9 Å². The van der Waals surface area contributed by atoms with Gasteiger partial charge in [-0.25, -0.2) is 4.39 Å². The Morgan fingerprint density at radius 3 is 2.68 bits per heavy atom. The number of nitro groups is 1. The van der Waals surface area contributed by atoms with Gasteiger partial charge in [-0.1, -0.05) is 29.8 Å². The van der Waals surface area contributed by atoms with Crippen LogP contribution in [0, 0.1) is 15.9 Å². The average molecular weight is 459 g/mol. The molecule has 0 bridgehead atoms. The van der Waals surface area contributed by atoms with Gasteiger partial charge in [-0.05, 0) is 36.0 Å². The van der Waals surface area contributed by atoms with Gasteiger partial charge in [0.1, 0.15) is 17.3 Å². The maximum atomic E-state index is 13.9. The van der Waals surface area contributed by atoms with Crippen molar-refractivity contribution < 1.29 is 23.3 Å². The number of hydrogen-bond acceptors (Lipinski definition) is 6. The van der Waals surface area contributed by atoms with Gasteiger partial charge in [0, 0.05) is 29.3 Å². The number of rotatable bonds is 5. The van der Waals surface area contributed by atoms with E-state index in [9.17, 15) is 24.1 Å². The van der Waals surface area contributed by atoms with Gasteiger partial charge in [0.25, 0.3) is 16.8 Å². The molecule has 0 aliphatic carbocycles. The van der Waals surface area contributed by atoms with Crippen LogP contribution in [0.5, 0.6) is 0 Å². The first-order valence-corrected chi connectivity index (χ1v) is 10.1. The highest BCUT2D eigenvalue weighted by molar-refractivity contribution is 8.18. The third-order valence-electron chi connectivity index (χ3n) is 4.49. The van der Waals surface area contributed by atoms with Crippen molar-refractivity contribution in [2.45, 2.75) is 6.54 Å². The molecule has 31 heavy (non-hydrogen) atoms. The molecular formula is C21H12ClFN2O5S. The van der Waals surface area contributed by atoms with Gasteiger partial charge in [-0.2, -0.15) is 0 Å². The molecule has 3 aromatic rings. The second-order valence-corrected chi connectivity index (χ2v) is 7.88. The van der Waals surface area contributed by atoms with E-state index >= 15 is 0 Å². The molecular weight excluding hydrogens is 447 g/mol. The third-order valence-corrected chi connectivity index (χ3v) is 5.72. The number of amides is 2. The lowest BCUT2D eigenvalue weighted by atomic mass is 10.1. The van der Waals surface area contributed by atoms with Crippen LogP contribution in [0.1, 0.15) is 11.3 Å². The summed E-state index contributed by atoms with van der Waals surface area (Å²) in [5, 5.41) is 10.7. The van der Waals surface area contributed by atoms with Gasteiger partial charge in [-0.15, -0.1) is 0 Å². The first kappa shape index (κ1) is 20.8. The van der Waals surface area contributed by atoms with E-state index in [0.29, 0.717) is 5.56 Å². The number of nitro benzene ring substituents is 1. The molecule has 1 aromatic heterocycles. The SMILES string of the molecule is O=C1S/C(=C/c2ccc(-c3cc([N+](=O)[O-])ccc3Cl)o2)C(=O)N1Cc1ccccc1F. The Kier molecular flexibility index (Phi) is 5.62. The third kappa shape index (κ3) is 4.23. The zero-order valence-corrected chi connectivity index (χ0v) is 17.2. The molecule has 0 atom stereocenters. The van der Waals surface area contributed by atoms with Crippen molar-refractivity contribution in [1.82, 2.24) is 4.90 Å². The highest BCUT2D eigenvalue weighted by Gasteiger charge is 2.35. The Morgan fingerprint density at radius 1 is 1.16 bits per heavy atom. The minimum atomic E-state index is -0.565. The summed E-state index contributed by atoms with van der Waals surface area (Å²) in [7, 11) is 0. The van der Waals surface area contributed by atoms with E-state index in [1.54, 1.807) is 18.2 Å². The summed E-state index contributed by atoms with van der Waals surface area (Å²) in [5.41, 5.74) is 0.404. The van der Waals surface area contributed by atoms with E-state index in [1.165, 1.54) is 42.5 Å². The van der Waals surface area contributed by atoms with Gasteiger partial charge in [0.05, 0.1) is 21.4 Å². The average Bonchev–Trinajstić information content (AvgIpc) is 3.30. The van der Waals surface area contributed by atoms with E-state index in [0.717, 1.165) is 16.7 Å². The summed E-state index contributed by atoms with van der Waals surface area (Å²) in [4.78, 5) is 36.4. The molecule has 10 heteroatoms. The lowest BCUT2D eigenvalue weighted by molar-refractivity contribution is -0.384. The van der Waals surface area contributed by atoms with Crippen LogP contribution in [0.2, 0.25) is 5.02 Å². The molecule has 0 spiro atoms. The minimum absolute atomic E-state index is 0.118. The van der Waals surface area contributed by atoms with Crippen molar-refractivity contribution in [3.63, 3.8) is 0 Å². The Morgan fingerprint density at radius 2 is 1.94 bits per heavy atom. The van der Waals surface area contributed by atoms with E-state index in [2.05, 4.69) is 0 Å². The van der Waals surface area contributed by atoms with E-state index in [1.807, 2.05) is 0 Å². The lowest BCUT2D eigenvalue weighted by Gasteiger charge is -2.12. The Bertz CT molecular complexity index is 1260. The number of carbonyl (C=O) groups is 2. The Hall–Kier alpha value is -3.43. The fraction of sp³-hybridized carbons (Fsp3) is 0.0476. The molecule has 1 aliphatic heterocycles. The smallest absolute Gasteiger partial charge is 0.293 e. The van der Waals surface area contributed by atoms with Crippen molar-refractivity contribution in [3.8, 4) is 11.3 Å². The molecule has 156 valence electrons. The number of hydrogen-bond donors (Lipinski definition) is 0. The molecule has 0 N–H and O–H groups in total. The molecule has 2 amide bonds. The normalized spacial score (nSPS) is 15.2. The summed E-state index contributed by atoms with van der Waals surface area (Å²) in [6, 6.07) is 13.0. The molecule has 2 aromatic carbocycles. The number of imide groups is 1. The maximum absolute atomic E-state index is 13.9. The van der Waals surface area contributed by atoms with Gasteiger partial charge < -0.3 is 4.42 Å². The largest absolute Gasteiger partial charge is 0.457 e. The number of benzene rings is 2. The van der Waals surface area contributed by atoms with Gasteiger partial charge >= 0.3 is 0 Å². The zero-order chi connectivity index (χ0) is 22.1. The van der Waals surface area contributed by atoms with Crippen LogP contribution in [0.25, 0.3) is 17.4 Å². The summed E-state index contributed by atoms with van der Waals surface area (Å²) in [5.74, 6) is -0.542.